The van der Waals surface area contributed by atoms with Gasteiger partial charge in [0.25, 0.3) is 6.71 Å². The molecule has 290 valence electrons. The Morgan fingerprint density at radius 3 is 1.78 bits per heavy atom. The molecule has 0 N–H and O–H groups in total. The van der Waals surface area contributed by atoms with Crippen molar-refractivity contribution in [3.63, 3.8) is 0 Å². The number of aromatic nitrogens is 1. The van der Waals surface area contributed by atoms with Crippen molar-refractivity contribution in [3.8, 4) is 5.69 Å². The monoisotopic (exact) mass is 773 g/mol. The lowest BCUT2D eigenvalue weighted by Gasteiger charge is -2.64. The summed E-state index contributed by atoms with van der Waals surface area (Å²) in [6.45, 7) is 7.03. The first-order valence-corrected chi connectivity index (χ1v) is 22.6. The summed E-state index contributed by atoms with van der Waals surface area (Å²) < 4.78 is 2.48. The van der Waals surface area contributed by atoms with Crippen LogP contribution in [0.15, 0.2) is 152 Å². The van der Waals surface area contributed by atoms with E-state index in [0.29, 0.717) is 11.8 Å². The molecule has 7 aromatic carbocycles. The van der Waals surface area contributed by atoms with Gasteiger partial charge in [-0.25, -0.2) is 0 Å². The van der Waals surface area contributed by atoms with E-state index in [1.165, 1.54) is 116 Å². The fourth-order valence-electron chi connectivity index (χ4n) is 14.3. The minimum absolute atomic E-state index is 0.0662. The summed E-state index contributed by atoms with van der Waals surface area (Å²) >= 11 is 0. The van der Waals surface area contributed by atoms with E-state index in [-0.39, 0.29) is 17.5 Å². The molecule has 0 unspecified atom stereocenters. The van der Waals surface area contributed by atoms with E-state index in [0.717, 1.165) is 11.8 Å². The second-order valence-electron chi connectivity index (χ2n) is 20.2. The number of para-hydroxylation sites is 4. The van der Waals surface area contributed by atoms with Gasteiger partial charge < -0.3 is 14.4 Å². The Kier molecular flexibility index (Phi) is 6.55. The molecule has 1 aromatic heterocycles. The Hall–Kier alpha value is -6.00. The van der Waals surface area contributed by atoms with Crippen LogP contribution < -0.4 is 26.2 Å². The van der Waals surface area contributed by atoms with Gasteiger partial charge >= 0.3 is 0 Å². The lowest BCUT2D eigenvalue weighted by atomic mass is 9.32. The molecule has 4 aliphatic carbocycles. The number of hydrogen-bond donors (Lipinski definition) is 0. The van der Waals surface area contributed by atoms with Gasteiger partial charge in [0.15, 0.2) is 0 Å². The maximum Gasteiger partial charge on any atom is 0.252 e. The first-order chi connectivity index (χ1) is 29.4. The summed E-state index contributed by atoms with van der Waals surface area (Å²) in [6.07, 6.45) is 6.99. The predicted molar refractivity (Wildman–Crippen MR) is 251 cm³/mol. The zero-order valence-electron chi connectivity index (χ0n) is 34.7. The number of fused-ring (bicyclic) bond motifs is 9. The Bertz CT molecular complexity index is 3050. The van der Waals surface area contributed by atoms with Crippen LogP contribution in [0.2, 0.25) is 0 Å². The molecule has 0 saturated heterocycles. The highest BCUT2D eigenvalue weighted by molar-refractivity contribution is 7.00. The standard InChI is InChI=1S/C56H48BN3/c1-55(2,3)36-22-24-39(25-23-36)58-50-20-11-21-51-53(50)57(45-27-26-40(33-52(45)58)59-47-17-7-4-12-41(47)42-13-5-8-18-48(42)59)46-16-10-15-44-54(46)60(51)49-19-9-6-14-43(49)56(44)37-29-34-28-35(31-37)32-38(56)30-34/h4-27,33-35,37-38H,28-32H2,1-3H3. The largest absolute Gasteiger partial charge is 0.311 e. The third-order valence-corrected chi connectivity index (χ3v) is 16.3. The first kappa shape index (κ1) is 33.8. The van der Waals surface area contributed by atoms with E-state index in [1.54, 1.807) is 11.1 Å². The molecule has 4 saturated carbocycles. The molecule has 60 heavy (non-hydrogen) atoms. The summed E-state index contributed by atoms with van der Waals surface area (Å²) in [7, 11) is 0. The van der Waals surface area contributed by atoms with E-state index in [2.05, 4.69) is 187 Å². The molecule has 3 nitrogen and oxygen atoms in total. The Morgan fingerprint density at radius 1 is 0.500 bits per heavy atom. The fraction of sp³-hybridized carbons (Fsp3) is 0.250. The molecular formula is C56H48BN3. The molecular weight excluding hydrogens is 725 g/mol. The maximum atomic E-state index is 2.71. The van der Waals surface area contributed by atoms with Crippen molar-refractivity contribution < 1.29 is 0 Å². The average molecular weight is 774 g/mol. The van der Waals surface area contributed by atoms with Gasteiger partial charge in [0, 0.05) is 50.3 Å². The van der Waals surface area contributed by atoms with Crippen molar-refractivity contribution in [2.75, 3.05) is 9.80 Å². The van der Waals surface area contributed by atoms with E-state index < -0.39 is 0 Å². The van der Waals surface area contributed by atoms with Gasteiger partial charge in [-0.2, -0.15) is 0 Å². The highest BCUT2D eigenvalue weighted by Gasteiger charge is 2.62. The molecule has 7 aliphatic rings. The molecule has 8 aromatic rings. The quantitative estimate of drug-likeness (QED) is 0.162. The molecule has 0 amide bonds. The minimum Gasteiger partial charge on any atom is -0.311 e. The zero-order chi connectivity index (χ0) is 39.6. The second kappa shape index (κ2) is 11.6. The lowest BCUT2D eigenvalue weighted by Crippen LogP contribution is -2.64. The summed E-state index contributed by atoms with van der Waals surface area (Å²) in [5.41, 5.74) is 20.5. The second-order valence-corrected chi connectivity index (χ2v) is 20.2. The Morgan fingerprint density at radius 2 is 1.08 bits per heavy atom. The van der Waals surface area contributed by atoms with Crippen molar-refractivity contribution in [3.05, 3.63) is 168 Å². The van der Waals surface area contributed by atoms with E-state index in [4.69, 9.17) is 0 Å². The lowest BCUT2D eigenvalue weighted by molar-refractivity contribution is -0.0419. The van der Waals surface area contributed by atoms with Crippen LogP contribution in [-0.4, -0.2) is 11.3 Å². The van der Waals surface area contributed by atoms with Gasteiger partial charge in [0.05, 0.1) is 16.7 Å². The van der Waals surface area contributed by atoms with E-state index in [9.17, 15) is 0 Å². The van der Waals surface area contributed by atoms with Crippen LogP contribution in [0.5, 0.6) is 0 Å². The molecule has 4 fully saturated rings. The fourth-order valence-corrected chi connectivity index (χ4v) is 14.3. The Balaban J connectivity index is 1.05. The van der Waals surface area contributed by atoms with Crippen LogP contribution in [0.4, 0.5) is 34.1 Å². The molecule has 1 spiro atoms. The van der Waals surface area contributed by atoms with Crippen molar-refractivity contribution in [1.29, 1.82) is 0 Å². The number of hydrogen-bond acceptors (Lipinski definition) is 2. The Labute approximate surface area is 353 Å². The van der Waals surface area contributed by atoms with Crippen molar-refractivity contribution in [2.24, 2.45) is 23.7 Å². The van der Waals surface area contributed by atoms with Crippen LogP contribution in [0.25, 0.3) is 27.5 Å². The molecule has 4 bridgehead atoms. The molecule has 3 aliphatic heterocycles. The summed E-state index contributed by atoms with van der Waals surface area (Å²) in [4.78, 5) is 5.29. The summed E-state index contributed by atoms with van der Waals surface area (Å²) in [5, 5.41) is 2.58. The molecule has 4 heteroatoms. The predicted octanol–water partition coefficient (Wildman–Crippen LogP) is 12.2. The third kappa shape index (κ3) is 4.18. The topological polar surface area (TPSA) is 11.4 Å². The van der Waals surface area contributed by atoms with Gasteiger partial charge in [-0.1, -0.05) is 118 Å². The molecule has 15 rings (SSSR count). The number of rotatable bonds is 2. The minimum atomic E-state index is 0.0662. The van der Waals surface area contributed by atoms with Crippen LogP contribution in [0.3, 0.4) is 0 Å². The van der Waals surface area contributed by atoms with Gasteiger partial charge in [-0.05, 0) is 149 Å². The maximum absolute atomic E-state index is 2.71. The summed E-state index contributed by atoms with van der Waals surface area (Å²) in [5.74, 6) is 3.22. The van der Waals surface area contributed by atoms with Gasteiger partial charge in [-0.15, -0.1) is 0 Å². The van der Waals surface area contributed by atoms with Crippen LogP contribution in [0, 0.1) is 23.7 Å². The smallest absolute Gasteiger partial charge is 0.252 e. The number of benzene rings is 7. The zero-order valence-corrected chi connectivity index (χ0v) is 34.7. The van der Waals surface area contributed by atoms with Crippen molar-refractivity contribution >= 4 is 79.0 Å². The normalized spacial score (nSPS) is 23.9. The summed E-state index contributed by atoms with van der Waals surface area (Å²) in [6, 6.07) is 58.9. The molecule has 4 heterocycles. The van der Waals surface area contributed by atoms with Crippen LogP contribution in [-0.2, 0) is 10.8 Å². The van der Waals surface area contributed by atoms with Crippen molar-refractivity contribution in [2.45, 2.75) is 63.7 Å². The van der Waals surface area contributed by atoms with E-state index in [1.807, 2.05) is 0 Å². The first-order valence-electron chi connectivity index (χ1n) is 22.6. The van der Waals surface area contributed by atoms with Crippen LogP contribution in [0.1, 0.15) is 69.6 Å². The third-order valence-electron chi connectivity index (χ3n) is 16.3. The van der Waals surface area contributed by atoms with Gasteiger partial charge in [-0.3, -0.25) is 0 Å². The van der Waals surface area contributed by atoms with Gasteiger partial charge in [0.1, 0.15) is 0 Å². The number of anilines is 6. The molecule has 0 atom stereocenters. The SMILES string of the molecule is CC(C)(C)c1ccc(N2c3cc(-n4c5ccccc5c5ccccc54)ccc3B3c4cccc5c4N(c4ccccc4C54C5CC6CC(C5)CC4C6)c4cccc2c43)cc1. The number of nitrogens with zero attached hydrogens (tertiary/aromatic N) is 3. The molecule has 0 radical (unpaired) electrons. The highest BCUT2D eigenvalue weighted by atomic mass is 15.2. The van der Waals surface area contributed by atoms with Crippen molar-refractivity contribution in [1.82, 2.24) is 4.57 Å². The highest BCUT2D eigenvalue weighted by Crippen LogP contribution is 2.69. The van der Waals surface area contributed by atoms with Gasteiger partial charge in [0.2, 0.25) is 0 Å². The van der Waals surface area contributed by atoms with Crippen LogP contribution >= 0.6 is 0 Å². The average Bonchev–Trinajstić information content (AvgIpc) is 3.60. The van der Waals surface area contributed by atoms with E-state index >= 15 is 0 Å².